The lowest BCUT2D eigenvalue weighted by molar-refractivity contribution is -0.138. The van der Waals surface area contributed by atoms with Gasteiger partial charge in [0.15, 0.2) is 5.82 Å². The number of piperidine rings is 2. The van der Waals surface area contributed by atoms with E-state index in [0.29, 0.717) is 40.2 Å². The Hall–Kier alpha value is -3.69. The molecule has 2 fully saturated rings. The van der Waals surface area contributed by atoms with E-state index in [2.05, 4.69) is 38.9 Å². The van der Waals surface area contributed by atoms with Crippen molar-refractivity contribution in [2.45, 2.75) is 39.5 Å². The molecule has 2 aliphatic rings. The van der Waals surface area contributed by atoms with E-state index in [1.165, 1.54) is 12.7 Å². The van der Waals surface area contributed by atoms with Crippen molar-refractivity contribution in [1.82, 2.24) is 15.0 Å². The summed E-state index contributed by atoms with van der Waals surface area (Å²) in [7, 11) is 0. The summed E-state index contributed by atoms with van der Waals surface area (Å²) in [5.41, 5.74) is 0.753. The molecule has 0 spiro atoms. The first kappa shape index (κ1) is 24.0. The smallest absolute Gasteiger partial charge is 0.348 e. The Morgan fingerprint density at radius 1 is 1.11 bits per heavy atom. The van der Waals surface area contributed by atoms with Crippen LogP contribution in [0.4, 0.5) is 23.3 Å². The number of carboxylic acid groups (broad SMARTS) is 1. The first-order valence-corrected chi connectivity index (χ1v) is 12.6. The quantitative estimate of drug-likeness (QED) is 0.523. The van der Waals surface area contributed by atoms with Gasteiger partial charge in [-0.3, -0.25) is 4.79 Å². The molecule has 2 aliphatic heterocycles. The molecular formula is C26H32N6O4. The monoisotopic (exact) mass is 492 g/mol. The number of aromatic nitrogens is 3. The Morgan fingerprint density at radius 2 is 1.86 bits per heavy atom. The molecule has 0 amide bonds. The highest BCUT2D eigenvalue weighted by Crippen LogP contribution is 2.29. The molecule has 10 nitrogen and oxygen atoms in total. The number of hydrogen-bond acceptors (Lipinski definition) is 9. The average Bonchev–Trinajstić information content (AvgIpc) is 2.84. The summed E-state index contributed by atoms with van der Waals surface area (Å²) < 4.78 is 5.12. The van der Waals surface area contributed by atoms with Gasteiger partial charge in [0.1, 0.15) is 11.2 Å². The molecular weight excluding hydrogens is 460 g/mol. The summed E-state index contributed by atoms with van der Waals surface area (Å²) in [5, 5.41) is 12.6. The molecule has 3 aromatic rings. The van der Waals surface area contributed by atoms with E-state index in [-0.39, 0.29) is 12.3 Å². The molecule has 2 saturated heterocycles. The highest BCUT2D eigenvalue weighted by molar-refractivity contribution is 5.90. The zero-order chi connectivity index (χ0) is 25.2. The Bertz CT molecular complexity index is 1280. The van der Waals surface area contributed by atoms with Crippen LogP contribution in [0.1, 0.15) is 39.5 Å². The number of pyridine rings is 1. The zero-order valence-electron chi connectivity index (χ0n) is 20.7. The summed E-state index contributed by atoms with van der Waals surface area (Å²) >= 11 is 0. The maximum Gasteiger partial charge on any atom is 0.348 e. The predicted octanol–water partition coefficient (Wildman–Crippen LogP) is 3.90. The van der Waals surface area contributed by atoms with Crippen LogP contribution in [-0.2, 0) is 4.79 Å². The number of carbonyl (C=O) groups is 1. The van der Waals surface area contributed by atoms with Gasteiger partial charge in [0, 0.05) is 38.7 Å². The molecule has 5 heterocycles. The number of anilines is 4. The second-order valence-electron chi connectivity index (χ2n) is 10.2. The third-order valence-corrected chi connectivity index (χ3v) is 7.09. The van der Waals surface area contributed by atoms with Crippen molar-refractivity contribution in [1.29, 1.82) is 0 Å². The summed E-state index contributed by atoms with van der Waals surface area (Å²) in [6.45, 7) is 7.78. The SMILES string of the molecule is CC1CC(C)CN(c2nc(Nc3ccc(N4CCC(CC(=O)O)CC4)nc3)c3c(=O)occc3n2)C1. The number of fused-ring (bicyclic) bond motifs is 1. The molecule has 190 valence electrons. The Kier molecular flexibility index (Phi) is 6.75. The van der Waals surface area contributed by atoms with Gasteiger partial charge < -0.3 is 24.6 Å². The van der Waals surface area contributed by atoms with Gasteiger partial charge in [-0.15, -0.1) is 0 Å². The van der Waals surface area contributed by atoms with Crippen LogP contribution in [0, 0.1) is 17.8 Å². The minimum absolute atomic E-state index is 0.220. The summed E-state index contributed by atoms with van der Waals surface area (Å²) in [4.78, 5) is 42.0. The van der Waals surface area contributed by atoms with E-state index >= 15 is 0 Å². The lowest BCUT2D eigenvalue weighted by Crippen LogP contribution is -2.39. The number of aliphatic carboxylic acids is 1. The van der Waals surface area contributed by atoms with Gasteiger partial charge in [0.25, 0.3) is 0 Å². The third-order valence-electron chi connectivity index (χ3n) is 7.09. The van der Waals surface area contributed by atoms with Gasteiger partial charge in [-0.25, -0.2) is 14.8 Å². The topological polar surface area (TPSA) is 125 Å². The van der Waals surface area contributed by atoms with Gasteiger partial charge >= 0.3 is 11.6 Å². The molecule has 36 heavy (non-hydrogen) atoms. The van der Waals surface area contributed by atoms with Gasteiger partial charge in [0.05, 0.1) is 23.7 Å². The standard InChI is InChI=1S/C26H32N6O4/c1-16-11-17(2)15-32(14-16)26-29-20-7-10-36-25(35)23(20)24(30-26)28-19-3-4-21(27-13-19)31-8-5-18(6-9-31)12-22(33)34/h3-4,7,10,13,16-18H,5-6,8-9,11-12,14-15H2,1-2H3,(H,33,34)(H,28,29,30). The molecule has 3 aromatic heterocycles. The zero-order valence-corrected chi connectivity index (χ0v) is 20.7. The Morgan fingerprint density at radius 3 is 2.53 bits per heavy atom. The van der Waals surface area contributed by atoms with E-state index in [4.69, 9.17) is 14.5 Å². The molecule has 0 aliphatic carbocycles. The van der Waals surface area contributed by atoms with Crippen molar-refractivity contribution in [2.75, 3.05) is 41.3 Å². The Balaban J connectivity index is 1.37. The van der Waals surface area contributed by atoms with Gasteiger partial charge in [-0.05, 0) is 49.1 Å². The first-order chi connectivity index (χ1) is 17.4. The second kappa shape index (κ2) is 10.1. The largest absolute Gasteiger partial charge is 0.481 e. The predicted molar refractivity (Wildman–Crippen MR) is 138 cm³/mol. The fourth-order valence-electron chi connectivity index (χ4n) is 5.46. The number of nitrogens with zero attached hydrogens (tertiary/aromatic N) is 5. The molecule has 5 rings (SSSR count). The van der Waals surface area contributed by atoms with E-state index in [9.17, 15) is 9.59 Å². The highest BCUT2D eigenvalue weighted by Gasteiger charge is 2.26. The lowest BCUT2D eigenvalue weighted by Gasteiger charge is -2.35. The van der Waals surface area contributed by atoms with Gasteiger partial charge in [-0.1, -0.05) is 13.8 Å². The lowest BCUT2D eigenvalue weighted by atomic mass is 9.92. The molecule has 10 heteroatoms. The third kappa shape index (κ3) is 5.27. The van der Waals surface area contributed by atoms with Crippen molar-refractivity contribution in [3.8, 4) is 0 Å². The fraction of sp³-hybridized carbons (Fsp3) is 0.500. The minimum atomic E-state index is -0.735. The normalized spacial score (nSPS) is 21.1. The van der Waals surface area contributed by atoms with Crippen molar-refractivity contribution >= 4 is 40.1 Å². The number of hydrogen-bond donors (Lipinski definition) is 2. The van der Waals surface area contributed by atoms with Crippen molar-refractivity contribution in [3.63, 3.8) is 0 Å². The van der Waals surface area contributed by atoms with Gasteiger partial charge in [0.2, 0.25) is 5.95 Å². The maximum absolute atomic E-state index is 12.6. The van der Waals surface area contributed by atoms with Crippen LogP contribution >= 0.6 is 0 Å². The summed E-state index contributed by atoms with van der Waals surface area (Å²) in [6.07, 6.45) is 6.17. The minimum Gasteiger partial charge on any atom is -0.481 e. The van der Waals surface area contributed by atoms with Crippen molar-refractivity contribution in [2.24, 2.45) is 17.8 Å². The van der Waals surface area contributed by atoms with Crippen LogP contribution in [0.2, 0.25) is 0 Å². The fourth-order valence-corrected chi connectivity index (χ4v) is 5.46. The Labute approximate surface area is 209 Å². The molecule has 2 unspecified atom stereocenters. The van der Waals surface area contributed by atoms with E-state index < -0.39 is 11.6 Å². The van der Waals surface area contributed by atoms with Crippen LogP contribution in [0.15, 0.2) is 39.9 Å². The number of rotatable bonds is 6. The maximum atomic E-state index is 12.6. The molecule has 0 saturated carbocycles. The molecule has 2 atom stereocenters. The van der Waals surface area contributed by atoms with Gasteiger partial charge in [-0.2, -0.15) is 4.98 Å². The van der Waals surface area contributed by atoms with Crippen molar-refractivity contribution < 1.29 is 14.3 Å². The van der Waals surface area contributed by atoms with E-state index in [1.54, 1.807) is 12.3 Å². The summed E-state index contributed by atoms with van der Waals surface area (Å²) in [5.74, 6) is 2.41. The number of nitrogens with one attached hydrogen (secondary N) is 1. The van der Waals surface area contributed by atoms with Crippen LogP contribution in [0.25, 0.3) is 10.9 Å². The second-order valence-corrected chi connectivity index (χ2v) is 10.2. The van der Waals surface area contributed by atoms with E-state index in [0.717, 1.165) is 44.8 Å². The highest BCUT2D eigenvalue weighted by atomic mass is 16.4. The van der Waals surface area contributed by atoms with Crippen molar-refractivity contribution in [3.05, 3.63) is 41.1 Å². The first-order valence-electron chi connectivity index (χ1n) is 12.6. The van der Waals surface area contributed by atoms with Crippen LogP contribution in [0.3, 0.4) is 0 Å². The molecule has 0 aromatic carbocycles. The average molecular weight is 493 g/mol. The molecule has 2 N–H and O–H groups in total. The number of carboxylic acids is 1. The summed E-state index contributed by atoms with van der Waals surface area (Å²) in [6, 6.07) is 5.54. The molecule has 0 bridgehead atoms. The van der Waals surface area contributed by atoms with Crippen LogP contribution < -0.4 is 20.7 Å². The van der Waals surface area contributed by atoms with Crippen LogP contribution in [-0.4, -0.2) is 52.2 Å². The van der Waals surface area contributed by atoms with Crippen LogP contribution in [0.5, 0.6) is 0 Å². The molecule has 0 radical (unpaired) electrons. The van der Waals surface area contributed by atoms with E-state index in [1.807, 2.05) is 12.1 Å².